The van der Waals surface area contributed by atoms with E-state index in [0.29, 0.717) is 5.56 Å². The van der Waals surface area contributed by atoms with E-state index in [1.807, 2.05) is 0 Å². The summed E-state index contributed by atoms with van der Waals surface area (Å²) in [5, 5.41) is 10.7. The molecule has 1 aliphatic heterocycles. The number of nitro groups is 1. The third-order valence-electron chi connectivity index (χ3n) is 3.74. The molecule has 2 aromatic rings. The maximum absolute atomic E-state index is 12.9. The molecule has 140 valence electrons. The van der Waals surface area contributed by atoms with Gasteiger partial charge >= 0.3 is 6.18 Å². The lowest BCUT2D eigenvalue weighted by Crippen LogP contribution is -2.29. The highest BCUT2D eigenvalue weighted by Crippen LogP contribution is 2.42. The van der Waals surface area contributed by atoms with Crippen LogP contribution in [0.3, 0.4) is 0 Å². The Morgan fingerprint density at radius 1 is 1.19 bits per heavy atom. The molecular weight excluding hydrogens is 401 g/mol. The molecule has 5 nitrogen and oxygen atoms in total. The van der Waals surface area contributed by atoms with Gasteiger partial charge in [-0.15, -0.1) is 12.6 Å². The summed E-state index contributed by atoms with van der Waals surface area (Å²) in [7, 11) is 0. The van der Waals surface area contributed by atoms with Crippen LogP contribution in [0.25, 0.3) is 6.08 Å². The van der Waals surface area contributed by atoms with Crippen LogP contribution in [0.1, 0.15) is 11.1 Å². The zero-order chi connectivity index (χ0) is 19.8. The van der Waals surface area contributed by atoms with Crippen molar-refractivity contribution in [2.75, 3.05) is 4.90 Å². The minimum Gasteiger partial charge on any atom is -0.286 e. The van der Waals surface area contributed by atoms with E-state index in [2.05, 4.69) is 12.6 Å². The number of nitro benzene ring substituents is 1. The topological polar surface area (TPSA) is 63.4 Å². The van der Waals surface area contributed by atoms with Crippen molar-refractivity contribution in [3.05, 3.63) is 74.7 Å². The SMILES string of the molecule is O=C1/C(=C/c2ccc([N+](=O)[O-])cc2)SC(S)N1c1cccc(C(F)(F)F)c1. The van der Waals surface area contributed by atoms with E-state index in [1.54, 1.807) is 0 Å². The van der Waals surface area contributed by atoms with Crippen LogP contribution in [0.2, 0.25) is 0 Å². The third kappa shape index (κ3) is 4.11. The summed E-state index contributed by atoms with van der Waals surface area (Å²) in [6.07, 6.45) is -3.00. The Kier molecular flexibility index (Phi) is 5.20. The molecule has 0 bridgehead atoms. The van der Waals surface area contributed by atoms with Gasteiger partial charge < -0.3 is 0 Å². The molecule has 0 saturated carbocycles. The Morgan fingerprint density at radius 2 is 1.85 bits per heavy atom. The first-order valence-corrected chi connectivity index (χ1v) is 8.88. The predicted molar refractivity (Wildman–Crippen MR) is 100 cm³/mol. The van der Waals surface area contributed by atoms with Gasteiger partial charge in [-0.25, -0.2) is 0 Å². The number of thioether (sulfide) groups is 1. The Labute approximate surface area is 161 Å². The smallest absolute Gasteiger partial charge is 0.286 e. The number of carbonyl (C=O) groups is 1. The van der Waals surface area contributed by atoms with Crippen molar-refractivity contribution in [1.82, 2.24) is 0 Å². The summed E-state index contributed by atoms with van der Waals surface area (Å²) in [6.45, 7) is 0. The maximum Gasteiger partial charge on any atom is 0.416 e. The fraction of sp³-hybridized carbons (Fsp3) is 0.118. The number of hydrogen-bond acceptors (Lipinski definition) is 5. The van der Waals surface area contributed by atoms with Gasteiger partial charge in [-0.05, 0) is 42.0 Å². The van der Waals surface area contributed by atoms with Gasteiger partial charge in [0.1, 0.15) is 4.71 Å². The number of thiol groups is 1. The largest absolute Gasteiger partial charge is 0.416 e. The second-order valence-electron chi connectivity index (χ2n) is 5.52. The van der Waals surface area contributed by atoms with Crippen LogP contribution >= 0.6 is 24.4 Å². The summed E-state index contributed by atoms with van der Waals surface area (Å²) in [6, 6.07) is 10.0. The van der Waals surface area contributed by atoms with Crippen LogP contribution in [0, 0.1) is 10.1 Å². The van der Waals surface area contributed by atoms with Crippen molar-refractivity contribution < 1.29 is 22.9 Å². The number of rotatable bonds is 3. The molecule has 1 unspecified atom stereocenters. The predicted octanol–water partition coefficient (Wildman–Crippen LogP) is 4.95. The molecule has 1 saturated heterocycles. The number of alkyl halides is 3. The highest BCUT2D eigenvalue weighted by Gasteiger charge is 2.37. The van der Waals surface area contributed by atoms with E-state index in [0.717, 1.165) is 23.9 Å². The standard InChI is InChI=1S/C17H11F3N2O3S2/c18-17(19,20)11-2-1-3-13(9-11)21-15(23)14(27-16(21)26)8-10-4-6-12(7-5-10)22(24)25/h1-9,16,26H/b14-8-. The molecule has 1 amide bonds. The monoisotopic (exact) mass is 412 g/mol. The van der Waals surface area contributed by atoms with Crippen molar-refractivity contribution in [2.24, 2.45) is 0 Å². The number of amides is 1. The number of non-ortho nitro benzene ring substituents is 1. The van der Waals surface area contributed by atoms with Gasteiger partial charge in [0.25, 0.3) is 11.6 Å². The van der Waals surface area contributed by atoms with Crippen LogP contribution in [0.15, 0.2) is 53.4 Å². The van der Waals surface area contributed by atoms with E-state index in [1.165, 1.54) is 47.4 Å². The van der Waals surface area contributed by atoms with Crippen LogP contribution in [-0.4, -0.2) is 15.5 Å². The highest BCUT2D eigenvalue weighted by molar-refractivity contribution is 8.14. The van der Waals surface area contributed by atoms with Crippen molar-refractivity contribution in [2.45, 2.75) is 10.9 Å². The number of carbonyl (C=O) groups excluding carboxylic acids is 1. The van der Waals surface area contributed by atoms with E-state index >= 15 is 0 Å². The average Bonchev–Trinajstić information content (AvgIpc) is 2.88. The minimum absolute atomic E-state index is 0.0831. The number of halogens is 3. The minimum atomic E-state index is -4.52. The first-order chi connectivity index (χ1) is 12.7. The number of benzene rings is 2. The normalized spacial score (nSPS) is 19.0. The van der Waals surface area contributed by atoms with Gasteiger partial charge in [-0.1, -0.05) is 17.8 Å². The second-order valence-corrected chi connectivity index (χ2v) is 7.49. The quantitative estimate of drug-likeness (QED) is 0.335. The van der Waals surface area contributed by atoms with Crippen LogP contribution < -0.4 is 4.90 Å². The molecule has 3 rings (SSSR count). The van der Waals surface area contributed by atoms with Crippen LogP contribution in [-0.2, 0) is 11.0 Å². The van der Waals surface area contributed by atoms with Crippen LogP contribution in [0.4, 0.5) is 24.5 Å². The summed E-state index contributed by atoms with van der Waals surface area (Å²) < 4.78 is 38.1. The van der Waals surface area contributed by atoms with Gasteiger partial charge in [0.2, 0.25) is 0 Å². The summed E-state index contributed by atoms with van der Waals surface area (Å²) >= 11 is 5.37. The molecule has 0 N–H and O–H groups in total. The van der Waals surface area contributed by atoms with E-state index in [4.69, 9.17) is 0 Å². The van der Waals surface area contributed by atoms with Crippen molar-refractivity contribution >= 4 is 47.7 Å². The van der Waals surface area contributed by atoms with E-state index in [9.17, 15) is 28.1 Å². The molecule has 1 fully saturated rings. The molecule has 0 aliphatic carbocycles. The van der Waals surface area contributed by atoms with Gasteiger partial charge in [-0.3, -0.25) is 19.8 Å². The molecule has 1 atom stereocenters. The van der Waals surface area contributed by atoms with Gasteiger partial charge in [0.15, 0.2) is 0 Å². The third-order valence-corrected chi connectivity index (χ3v) is 5.25. The second kappa shape index (κ2) is 7.28. The lowest BCUT2D eigenvalue weighted by Gasteiger charge is -2.20. The lowest BCUT2D eigenvalue weighted by atomic mass is 10.1. The van der Waals surface area contributed by atoms with Crippen molar-refractivity contribution in [3.8, 4) is 0 Å². The molecule has 2 aromatic carbocycles. The lowest BCUT2D eigenvalue weighted by molar-refractivity contribution is -0.384. The zero-order valence-corrected chi connectivity index (χ0v) is 15.1. The molecule has 0 spiro atoms. The molecule has 0 radical (unpaired) electrons. The summed E-state index contributed by atoms with van der Waals surface area (Å²) in [5.74, 6) is -0.488. The van der Waals surface area contributed by atoms with Gasteiger partial charge in [-0.2, -0.15) is 13.2 Å². The van der Waals surface area contributed by atoms with Crippen LogP contribution in [0.5, 0.6) is 0 Å². The summed E-state index contributed by atoms with van der Waals surface area (Å²) in [4.78, 5) is 24.2. The Morgan fingerprint density at radius 3 is 2.44 bits per heavy atom. The fourth-order valence-corrected chi connectivity index (χ4v) is 3.98. The van der Waals surface area contributed by atoms with Crippen molar-refractivity contribution in [3.63, 3.8) is 0 Å². The van der Waals surface area contributed by atoms with Gasteiger partial charge in [0, 0.05) is 17.8 Å². The molecule has 1 heterocycles. The van der Waals surface area contributed by atoms with E-state index in [-0.39, 0.29) is 16.3 Å². The number of nitrogens with zero attached hydrogens (tertiary/aromatic N) is 2. The number of hydrogen-bond donors (Lipinski definition) is 1. The fourth-order valence-electron chi connectivity index (χ4n) is 2.45. The average molecular weight is 412 g/mol. The molecule has 0 aromatic heterocycles. The van der Waals surface area contributed by atoms with Crippen molar-refractivity contribution in [1.29, 1.82) is 0 Å². The highest BCUT2D eigenvalue weighted by atomic mass is 32.2. The number of anilines is 1. The Bertz CT molecular complexity index is 930. The first-order valence-electron chi connectivity index (χ1n) is 7.48. The Balaban J connectivity index is 1.89. The molecule has 10 heteroatoms. The first kappa shape index (κ1) is 19.3. The van der Waals surface area contributed by atoms with E-state index < -0.39 is 27.3 Å². The zero-order valence-electron chi connectivity index (χ0n) is 13.4. The Hall–Kier alpha value is -2.46. The molecule has 27 heavy (non-hydrogen) atoms. The molecule has 1 aliphatic rings. The van der Waals surface area contributed by atoms with Gasteiger partial charge in [0.05, 0.1) is 15.4 Å². The maximum atomic E-state index is 12.9. The molecular formula is C17H11F3N2O3S2. The summed E-state index contributed by atoms with van der Waals surface area (Å²) in [5.41, 5.74) is -0.288.